The van der Waals surface area contributed by atoms with Gasteiger partial charge < -0.3 is 49.5 Å². The van der Waals surface area contributed by atoms with E-state index in [0.717, 1.165) is 11.1 Å². The van der Waals surface area contributed by atoms with Crippen LogP contribution < -0.4 is 44.6 Å². The Kier molecular flexibility index (Phi) is 16.7. The second-order valence-electron chi connectivity index (χ2n) is 12.2. The molecule has 16 nitrogen and oxygen atoms in total. The lowest BCUT2D eigenvalue weighted by molar-refractivity contribution is -0.144. The third kappa shape index (κ3) is 14.2. The van der Waals surface area contributed by atoms with Crippen LogP contribution in [0.4, 0.5) is 0 Å². The van der Waals surface area contributed by atoms with E-state index in [1.807, 2.05) is 30.3 Å². The lowest BCUT2D eigenvalue weighted by Crippen LogP contribution is -2.58. The van der Waals surface area contributed by atoms with Crippen molar-refractivity contribution >= 4 is 41.4 Å². The number of nitrogens with zero attached hydrogens (tertiary/aromatic N) is 3. The maximum absolute atomic E-state index is 13.9. The molecule has 0 saturated heterocycles. The molecule has 272 valence electrons. The predicted octanol–water partition coefficient (Wildman–Crippen LogP) is -0.611. The highest BCUT2D eigenvalue weighted by Crippen LogP contribution is 2.15. The lowest BCUT2D eigenvalue weighted by Gasteiger charge is -2.34. The Hall–Kier alpha value is -5.67. The van der Waals surface area contributed by atoms with E-state index >= 15 is 0 Å². The fourth-order valence-corrected chi connectivity index (χ4v) is 5.24. The summed E-state index contributed by atoms with van der Waals surface area (Å²) in [5.41, 5.74) is 29.4. The molecule has 0 aliphatic rings. The summed E-state index contributed by atoms with van der Waals surface area (Å²) in [5.74, 6) is -2.43. The Balaban J connectivity index is 2.23. The zero-order chi connectivity index (χ0) is 37.2. The summed E-state index contributed by atoms with van der Waals surface area (Å²) in [7, 11) is 1.50. The molecule has 0 aliphatic heterocycles. The van der Waals surface area contributed by atoms with Crippen LogP contribution in [0.5, 0.6) is 0 Å². The second kappa shape index (κ2) is 20.6. The maximum atomic E-state index is 13.9. The molecule has 0 fully saturated rings. The number of carbonyl (C=O) groups excluding carboxylic acids is 4. The molecule has 0 radical (unpaired) electrons. The summed E-state index contributed by atoms with van der Waals surface area (Å²) in [6.07, 6.45) is 1.27. The Morgan fingerprint density at radius 1 is 0.760 bits per heavy atom. The molecule has 3 atom stereocenters. The van der Waals surface area contributed by atoms with Crippen LogP contribution in [0.2, 0.25) is 0 Å². The van der Waals surface area contributed by atoms with Crippen LogP contribution in [-0.4, -0.2) is 84.5 Å². The number of aliphatic imine (C=N–C) groups is 2. The maximum Gasteiger partial charge on any atom is 0.245 e. The van der Waals surface area contributed by atoms with Gasteiger partial charge in [-0.15, -0.1) is 0 Å². The van der Waals surface area contributed by atoms with Crippen molar-refractivity contribution in [3.8, 4) is 0 Å². The molecule has 14 N–H and O–H groups in total. The molecule has 0 heterocycles. The molecule has 0 saturated carbocycles. The normalized spacial score (nSPS) is 12.5. The lowest BCUT2D eigenvalue weighted by atomic mass is 9.99. The van der Waals surface area contributed by atoms with Crippen molar-refractivity contribution in [3.63, 3.8) is 0 Å². The van der Waals surface area contributed by atoms with E-state index in [4.69, 9.17) is 34.1 Å². The molecule has 2 rings (SSSR count). The summed E-state index contributed by atoms with van der Waals surface area (Å²) in [5, 5.41) is 16.0. The number of amides is 4. The Bertz CT molecular complexity index is 1490. The molecule has 0 bridgehead atoms. The van der Waals surface area contributed by atoms with Gasteiger partial charge in [0.15, 0.2) is 11.9 Å². The average molecular weight is 693 g/mol. The Labute approximate surface area is 293 Å². The van der Waals surface area contributed by atoms with Gasteiger partial charge in [-0.1, -0.05) is 68.4 Å². The third-order valence-electron chi connectivity index (χ3n) is 7.76. The second-order valence-corrected chi connectivity index (χ2v) is 12.2. The molecule has 0 aliphatic carbocycles. The van der Waals surface area contributed by atoms with Gasteiger partial charge >= 0.3 is 0 Å². The first-order chi connectivity index (χ1) is 23.7. The SMILES string of the molecule is CC(C)[C@@H](C(=O)N[C@@H](CCCN=C(N)N)C(=O)NCc1ccc(C(=N)N)cc1)N(C)C(=O)[C@H](CCCN=C(N)N)NC(=O)Cc1ccccc1. The number of benzene rings is 2. The monoisotopic (exact) mass is 692 g/mol. The number of nitrogen functional groups attached to an aromatic ring is 1. The first-order valence-corrected chi connectivity index (χ1v) is 16.4. The first kappa shape index (κ1) is 40.5. The van der Waals surface area contributed by atoms with E-state index < -0.39 is 35.8 Å². The van der Waals surface area contributed by atoms with Crippen molar-refractivity contribution in [1.82, 2.24) is 20.9 Å². The van der Waals surface area contributed by atoms with Gasteiger partial charge in [0, 0.05) is 32.2 Å². The van der Waals surface area contributed by atoms with Crippen molar-refractivity contribution in [2.75, 3.05) is 20.1 Å². The number of carbonyl (C=O) groups is 4. The molecule has 50 heavy (non-hydrogen) atoms. The van der Waals surface area contributed by atoms with Gasteiger partial charge in [-0.2, -0.15) is 0 Å². The van der Waals surface area contributed by atoms with Crippen molar-refractivity contribution < 1.29 is 19.2 Å². The van der Waals surface area contributed by atoms with Gasteiger partial charge in [-0.25, -0.2) is 0 Å². The van der Waals surface area contributed by atoms with Crippen molar-refractivity contribution in [2.24, 2.45) is 44.6 Å². The van der Waals surface area contributed by atoms with Crippen LogP contribution in [0.3, 0.4) is 0 Å². The van der Waals surface area contributed by atoms with Gasteiger partial charge in [-0.05, 0) is 42.7 Å². The standard InChI is InChI=1S/C34H52N12O4/c1-21(2)28(46(3)32(50)26(12-8-18-42-34(39)40)44-27(47)19-22-9-5-4-6-10-22)31(49)45-25(11-7-17-41-33(37)38)30(48)43-20-23-13-15-24(16-14-23)29(35)36/h4-6,9-10,13-16,21,25-26,28H,7-8,11-12,17-20H2,1-3H3,(H3,35,36)(H,43,48)(H,44,47)(H,45,49)(H4,37,38,41)(H4,39,40,42)/t25-,26-,28-/m0/s1. The molecule has 2 aromatic carbocycles. The van der Waals surface area contributed by atoms with Crippen LogP contribution in [0.25, 0.3) is 0 Å². The number of amidine groups is 1. The van der Waals surface area contributed by atoms with E-state index in [-0.39, 0.29) is 68.5 Å². The first-order valence-electron chi connectivity index (χ1n) is 16.4. The number of hydrogen-bond donors (Lipinski definition) is 9. The number of guanidine groups is 2. The van der Waals surface area contributed by atoms with Gasteiger partial charge in [0.25, 0.3) is 0 Å². The average Bonchev–Trinajstić information content (AvgIpc) is 3.06. The van der Waals surface area contributed by atoms with Crippen LogP contribution in [0.15, 0.2) is 64.6 Å². The molecular formula is C34H52N12O4. The predicted molar refractivity (Wildman–Crippen MR) is 195 cm³/mol. The summed E-state index contributed by atoms with van der Waals surface area (Å²) < 4.78 is 0. The van der Waals surface area contributed by atoms with Gasteiger partial charge in [-0.3, -0.25) is 34.6 Å². The van der Waals surface area contributed by atoms with Crippen LogP contribution in [-0.2, 0) is 32.1 Å². The van der Waals surface area contributed by atoms with Gasteiger partial charge in [0.05, 0.1) is 6.42 Å². The third-order valence-corrected chi connectivity index (χ3v) is 7.76. The number of hydrogen-bond acceptors (Lipinski definition) is 7. The highest BCUT2D eigenvalue weighted by molar-refractivity contribution is 5.95. The summed E-state index contributed by atoms with van der Waals surface area (Å²) in [6.45, 7) is 4.22. The van der Waals surface area contributed by atoms with Crippen LogP contribution in [0, 0.1) is 11.3 Å². The minimum atomic E-state index is -0.985. The van der Waals surface area contributed by atoms with E-state index in [0.29, 0.717) is 18.4 Å². The molecule has 2 aromatic rings. The van der Waals surface area contributed by atoms with E-state index in [2.05, 4.69) is 25.9 Å². The largest absolute Gasteiger partial charge is 0.384 e. The molecule has 4 amide bonds. The zero-order valence-corrected chi connectivity index (χ0v) is 29.0. The highest BCUT2D eigenvalue weighted by Gasteiger charge is 2.35. The minimum Gasteiger partial charge on any atom is -0.384 e. The molecule has 0 aromatic heterocycles. The summed E-state index contributed by atoms with van der Waals surface area (Å²) in [4.78, 5) is 63.5. The fraction of sp³-hybridized carbons (Fsp3) is 0.441. The number of likely N-dealkylation sites (N-methyl/N-ethyl adjacent to an activating group) is 1. The minimum absolute atomic E-state index is 0.0633. The Morgan fingerprint density at radius 2 is 1.32 bits per heavy atom. The Morgan fingerprint density at radius 3 is 1.84 bits per heavy atom. The summed E-state index contributed by atoms with van der Waals surface area (Å²) >= 11 is 0. The van der Waals surface area contributed by atoms with Gasteiger partial charge in [0.2, 0.25) is 23.6 Å². The van der Waals surface area contributed by atoms with E-state index in [1.165, 1.54) is 11.9 Å². The zero-order valence-electron chi connectivity index (χ0n) is 29.0. The van der Waals surface area contributed by atoms with Crippen molar-refractivity contribution in [2.45, 2.75) is 70.6 Å². The number of nitrogens with one attached hydrogen (secondary N) is 4. The highest BCUT2D eigenvalue weighted by atomic mass is 16.2. The number of rotatable bonds is 20. The summed E-state index contributed by atoms with van der Waals surface area (Å²) in [6, 6.07) is 13.0. The van der Waals surface area contributed by atoms with Gasteiger partial charge in [0.1, 0.15) is 24.0 Å². The van der Waals surface area contributed by atoms with Crippen LogP contribution in [0.1, 0.15) is 56.2 Å². The smallest absolute Gasteiger partial charge is 0.245 e. The molecule has 16 heteroatoms. The molecule has 0 unspecified atom stereocenters. The van der Waals surface area contributed by atoms with Crippen LogP contribution >= 0.6 is 0 Å². The number of nitrogens with two attached hydrogens (primary N) is 5. The van der Waals surface area contributed by atoms with Crippen molar-refractivity contribution in [1.29, 1.82) is 5.41 Å². The quantitative estimate of drug-likeness (QED) is 0.0485. The molecule has 0 spiro atoms. The van der Waals surface area contributed by atoms with Crippen molar-refractivity contribution in [3.05, 3.63) is 71.3 Å². The molecular weight excluding hydrogens is 640 g/mol. The fourth-order valence-electron chi connectivity index (χ4n) is 5.24. The van der Waals surface area contributed by atoms with E-state index in [1.54, 1.807) is 38.1 Å². The topological polar surface area (TPSA) is 286 Å². The van der Waals surface area contributed by atoms with E-state index in [9.17, 15) is 19.2 Å².